The zero-order chi connectivity index (χ0) is 17.8. The van der Waals surface area contributed by atoms with Crippen LogP contribution in [0.15, 0.2) is 36.5 Å². The Hall–Kier alpha value is -2.76. The van der Waals surface area contributed by atoms with E-state index in [2.05, 4.69) is 20.6 Å². The van der Waals surface area contributed by atoms with E-state index in [0.29, 0.717) is 22.9 Å². The number of nitrogens with one attached hydrogen (secondary N) is 2. The van der Waals surface area contributed by atoms with Crippen molar-refractivity contribution in [1.29, 1.82) is 0 Å². The Morgan fingerprint density at radius 1 is 1.16 bits per heavy atom. The van der Waals surface area contributed by atoms with Gasteiger partial charge >= 0.3 is 0 Å². The molecule has 2 N–H and O–H groups in total. The van der Waals surface area contributed by atoms with Crippen LogP contribution in [-0.4, -0.2) is 27.8 Å². The molecule has 1 aliphatic rings. The fraction of sp³-hybridized carbons (Fsp3) is 0.368. The summed E-state index contributed by atoms with van der Waals surface area (Å²) in [5.74, 6) is 0.749. The minimum Gasteiger partial charge on any atom is -0.350 e. The molecule has 0 spiro atoms. The molecule has 2 aromatic rings. The highest BCUT2D eigenvalue weighted by molar-refractivity contribution is 6.03. The molecule has 1 saturated carbocycles. The molecule has 130 valence electrons. The molecule has 1 aromatic heterocycles. The van der Waals surface area contributed by atoms with Crippen LogP contribution in [0.5, 0.6) is 0 Å². The summed E-state index contributed by atoms with van der Waals surface area (Å²) in [5, 5.41) is 5.71. The third kappa shape index (κ3) is 4.41. The average Bonchev–Trinajstić information content (AvgIpc) is 3.47. The first-order valence-corrected chi connectivity index (χ1v) is 8.62. The van der Waals surface area contributed by atoms with Crippen molar-refractivity contribution in [2.24, 2.45) is 0 Å². The zero-order valence-corrected chi connectivity index (χ0v) is 14.5. The minimum atomic E-state index is -0.277. The number of carbonyl (C=O) groups is 2. The summed E-state index contributed by atoms with van der Waals surface area (Å²) < 4.78 is 0. The molecule has 1 aromatic carbocycles. The Labute approximate surface area is 147 Å². The third-order valence-corrected chi connectivity index (χ3v) is 4.24. The van der Waals surface area contributed by atoms with Crippen LogP contribution in [0, 0.1) is 0 Å². The summed E-state index contributed by atoms with van der Waals surface area (Å²) >= 11 is 0. The highest BCUT2D eigenvalue weighted by Crippen LogP contribution is 2.37. The Bertz CT molecular complexity index is 769. The molecule has 0 aliphatic heterocycles. The van der Waals surface area contributed by atoms with Gasteiger partial charge in [-0.2, -0.15) is 0 Å². The molecule has 25 heavy (non-hydrogen) atoms. The number of hydrogen-bond donors (Lipinski definition) is 2. The van der Waals surface area contributed by atoms with Crippen LogP contribution in [0.3, 0.4) is 0 Å². The predicted molar refractivity (Wildman–Crippen MR) is 95.6 cm³/mol. The maximum atomic E-state index is 12.3. The largest absolute Gasteiger partial charge is 0.350 e. The van der Waals surface area contributed by atoms with Crippen molar-refractivity contribution in [3.63, 3.8) is 0 Å². The lowest BCUT2D eigenvalue weighted by atomic mass is 10.1. The summed E-state index contributed by atoms with van der Waals surface area (Å²) in [7, 11) is 0. The standard InChI is InChI=1S/C19H22N4O2/c1-3-12(2)21-18(24)14-6-8-15(9-7-14)22-19(25)16-10-11-20-17(23-16)13-4-5-13/h6-13H,3-5H2,1-2H3,(H,21,24)(H,22,25). The number of carbonyl (C=O) groups excluding carboxylic acids is 2. The Morgan fingerprint density at radius 3 is 2.52 bits per heavy atom. The van der Waals surface area contributed by atoms with Crippen molar-refractivity contribution >= 4 is 17.5 Å². The Balaban J connectivity index is 1.63. The topological polar surface area (TPSA) is 84.0 Å². The van der Waals surface area contributed by atoms with Gasteiger partial charge in [-0.3, -0.25) is 9.59 Å². The first-order chi connectivity index (χ1) is 12.1. The van der Waals surface area contributed by atoms with Gasteiger partial charge in [0.25, 0.3) is 11.8 Å². The van der Waals surface area contributed by atoms with Crippen molar-refractivity contribution in [1.82, 2.24) is 15.3 Å². The number of benzene rings is 1. The van der Waals surface area contributed by atoms with Crippen molar-refractivity contribution in [2.45, 2.75) is 45.1 Å². The van der Waals surface area contributed by atoms with Gasteiger partial charge in [0.1, 0.15) is 11.5 Å². The van der Waals surface area contributed by atoms with Gasteiger partial charge < -0.3 is 10.6 Å². The van der Waals surface area contributed by atoms with Crippen molar-refractivity contribution in [3.8, 4) is 0 Å². The molecular formula is C19H22N4O2. The molecule has 1 fully saturated rings. The molecule has 1 atom stereocenters. The number of aromatic nitrogens is 2. The maximum absolute atomic E-state index is 12.3. The van der Waals surface area contributed by atoms with Crippen LogP contribution in [0.1, 0.15) is 65.7 Å². The molecule has 6 heteroatoms. The van der Waals surface area contributed by atoms with E-state index in [9.17, 15) is 9.59 Å². The van der Waals surface area contributed by atoms with Gasteiger partial charge in [0.2, 0.25) is 0 Å². The molecule has 3 rings (SSSR count). The molecule has 2 amide bonds. The van der Waals surface area contributed by atoms with Crippen LogP contribution in [0.2, 0.25) is 0 Å². The van der Waals surface area contributed by atoms with Gasteiger partial charge in [0.15, 0.2) is 0 Å². The quantitative estimate of drug-likeness (QED) is 0.847. The number of hydrogen-bond acceptors (Lipinski definition) is 4. The van der Waals surface area contributed by atoms with E-state index in [4.69, 9.17) is 0 Å². The highest BCUT2D eigenvalue weighted by atomic mass is 16.2. The SMILES string of the molecule is CCC(C)NC(=O)c1ccc(NC(=O)c2ccnc(C3CC3)n2)cc1. The van der Waals surface area contributed by atoms with Crippen molar-refractivity contribution in [3.05, 3.63) is 53.6 Å². The molecular weight excluding hydrogens is 316 g/mol. The molecule has 0 saturated heterocycles. The summed E-state index contributed by atoms with van der Waals surface area (Å²) in [5.41, 5.74) is 1.54. The summed E-state index contributed by atoms with van der Waals surface area (Å²) in [6.07, 6.45) is 4.68. The number of amides is 2. The van der Waals surface area contributed by atoms with Crippen LogP contribution in [0.25, 0.3) is 0 Å². The monoisotopic (exact) mass is 338 g/mol. The average molecular weight is 338 g/mol. The third-order valence-electron chi connectivity index (χ3n) is 4.24. The maximum Gasteiger partial charge on any atom is 0.274 e. The molecule has 1 unspecified atom stereocenters. The lowest BCUT2D eigenvalue weighted by molar-refractivity contribution is 0.0938. The fourth-order valence-corrected chi connectivity index (χ4v) is 2.35. The van der Waals surface area contributed by atoms with Crippen LogP contribution in [-0.2, 0) is 0 Å². The molecule has 6 nitrogen and oxygen atoms in total. The zero-order valence-electron chi connectivity index (χ0n) is 14.5. The van der Waals surface area contributed by atoms with E-state index in [1.54, 1.807) is 36.5 Å². The molecule has 1 aliphatic carbocycles. The van der Waals surface area contributed by atoms with Crippen molar-refractivity contribution < 1.29 is 9.59 Å². The summed E-state index contributed by atoms with van der Waals surface area (Å²) in [6.45, 7) is 3.98. The summed E-state index contributed by atoms with van der Waals surface area (Å²) in [6, 6.07) is 8.56. The first kappa shape index (κ1) is 17.1. The second-order valence-corrected chi connectivity index (χ2v) is 6.39. The Morgan fingerprint density at radius 2 is 1.88 bits per heavy atom. The van der Waals surface area contributed by atoms with Gasteiger partial charge in [0, 0.05) is 29.4 Å². The van der Waals surface area contributed by atoms with E-state index >= 15 is 0 Å². The number of anilines is 1. The Kier molecular flexibility index (Phi) is 5.07. The van der Waals surface area contributed by atoms with Gasteiger partial charge in [-0.1, -0.05) is 6.92 Å². The smallest absolute Gasteiger partial charge is 0.274 e. The van der Waals surface area contributed by atoms with E-state index < -0.39 is 0 Å². The normalized spacial score (nSPS) is 14.6. The van der Waals surface area contributed by atoms with E-state index in [0.717, 1.165) is 25.1 Å². The second kappa shape index (κ2) is 7.42. The molecule has 0 radical (unpaired) electrons. The van der Waals surface area contributed by atoms with Gasteiger partial charge in [-0.25, -0.2) is 9.97 Å². The van der Waals surface area contributed by atoms with Crippen LogP contribution >= 0.6 is 0 Å². The lowest BCUT2D eigenvalue weighted by Crippen LogP contribution is -2.31. The summed E-state index contributed by atoms with van der Waals surface area (Å²) in [4.78, 5) is 32.9. The minimum absolute atomic E-state index is 0.114. The first-order valence-electron chi connectivity index (χ1n) is 8.62. The van der Waals surface area contributed by atoms with Crippen LogP contribution < -0.4 is 10.6 Å². The van der Waals surface area contributed by atoms with Crippen molar-refractivity contribution in [2.75, 3.05) is 5.32 Å². The fourth-order valence-electron chi connectivity index (χ4n) is 2.35. The predicted octanol–water partition coefficient (Wildman–Crippen LogP) is 3.13. The van der Waals surface area contributed by atoms with Crippen LogP contribution in [0.4, 0.5) is 5.69 Å². The van der Waals surface area contributed by atoms with Gasteiger partial charge in [-0.05, 0) is 56.5 Å². The second-order valence-electron chi connectivity index (χ2n) is 6.39. The number of rotatable bonds is 6. The molecule has 1 heterocycles. The van der Waals surface area contributed by atoms with E-state index in [-0.39, 0.29) is 17.9 Å². The highest BCUT2D eigenvalue weighted by Gasteiger charge is 2.27. The number of nitrogens with zero attached hydrogens (tertiary/aromatic N) is 2. The van der Waals surface area contributed by atoms with E-state index in [1.807, 2.05) is 13.8 Å². The van der Waals surface area contributed by atoms with Gasteiger partial charge in [0.05, 0.1) is 0 Å². The lowest BCUT2D eigenvalue weighted by Gasteiger charge is -2.11. The van der Waals surface area contributed by atoms with E-state index in [1.165, 1.54) is 0 Å². The van der Waals surface area contributed by atoms with Gasteiger partial charge in [-0.15, -0.1) is 0 Å². The molecule has 0 bridgehead atoms.